The predicted molar refractivity (Wildman–Crippen MR) is 57.3 cm³/mol. The minimum atomic E-state index is -1.10. The second kappa shape index (κ2) is 5.56. The van der Waals surface area contributed by atoms with Gasteiger partial charge in [-0.25, -0.2) is 4.39 Å². The van der Waals surface area contributed by atoms with Gasteiger partial charge in [-0.3, -0.25) is 0 Å². The van der Waals surface area contributed by atoms with Crippen molar-refractivity contribution in [3.63, 3.8) is 0 Å². The number of methoxy groups -OCH3 is 2. The van der Waals surface area contributed by atoms with Crippen LogP contribution in [-0.4, -0.2) is 27.8 Å². The monoisotopic (exact) mass is 213 g/mol. The molecule has 84 valence electrons. The highest BCUT2D eigenvalue weighted by Gasteiger charge is 2.17. The lowest BCUT2D eigenvalue weighted by atomic mass is 10.1. The third-order valence-electron chi connectivity index (χ3n) is 2.15. The van der Waals surface area contributed by atoms with E-state index in [1.54, 1.807) is 25.2 Å². The highest BCUT2D eigenvalue weighted by Crippen LogP contribution is 2.35. The largest absolute Gasteiger partial charge is 0.493 e. The van der Waals surface area contributed by atoms with Gasteiger partial charge in [0, 0.05) is 12.1 Å². The highest BCUT2D eigenvalue weighted by molar-refractivity contribution is 5.47. The molecule has 0 aliphatic heterocycles. The molecule has 0 saturated heterocycles. The SMILES string of the molecule is CNCC(F)c1cccc(OC)c1OC. The first kappa shape index (κ1) is 11.8. The molecule has 0 radical (unpaired) electrons. The van der Waals surface area contributed by atoms with E-state index < -0.39 is 6.17 Å². The van der Waals surface area contributed by atoms with Crippen LogP contribution in [0.4, 0.5) is 4.39 Å². The molecular weight excluding hydrogens is 197 g/mol. The maximum absolute atomic E-state index is 13.7. The Hall–Kier alpha value is -1.29. The van der Waals surface area contributed by atoms with Crippen molar-refractivity contribution in [2.75, 3.05) is 27.8 Å². The van der Waals surface area contributed by atoms with Crippen LogP contribution >= 0.6 is 0 Å². The zero-order chi connectivity index (χ0) is 11.3. The molecule has 0 heterocycles. The molecule has 1 N–H and O–H groups in total. The minimum Gasteiger partial charge on any atom is -0.493 e. The summed E-state index contributed by atoms with van der Waals surface area (Å²) in [4.78, 5) is 0. The number of hydrogen-bond donors (Lipinski definition) is 1. The van der Waals surface area contributed by atoms with E-state index in [0.717, 1.165) is 0 Å². The summed E-state index contributed by atoms with van der Waals surface area (Å²) < 4.78 is 23.9. The second-order valence-corrected chi connectivity index (χ2v) is 3.11. The number of nitrogens with one attached hydrogen (secondary N) is 1. The molecule has 0 amide bonds. The summed E-state index contributed by atoms with van der Waals surface area (Å²) in [5, 5.41) is 2.78. The van der Waals surface area contributed by atoms with E-state index in [0.29, 0.717) is 17.1 Å². The molecule has 1 aromatic carbocycles. The van der Waals surface area contributed by atoms with Crippen LogP contribution in [0.3, 0.4) is 0 Å². The highest BCUT2D eigenvalue weighted by atomic mass is 19.1. The van der Waals surface area contributed by atoms with E-state index in [9.17, 15) is 4.39 Å². The summed E-state index contributed by atoms with van der Waals surface area (Å²) in [5.41, 5.74) is 0.506. The summed E-state index contributed by atoms with van der Waals surface area (Å²) in [6, 6.07) is 5.19. The zero-order valence-corrected chi connectivity index (χ0v) is 9.21. The third kappa shape index (κ3) is 2.59. The van der Waals surface area contributed by atoms with Crippen molar-refractivity contribution in [2.24, 2.45) is 0 Å². The Labute approximate surface area is 89.2 Å². The van der Waals surface area contributed by atoms with Gasteiger partial charge in [-0.15, -0.1) is 0 Å². The van der Waals surface area contributed by atoms with Crippen LogP contribution in [-0.2, 0) is 0 Å². The molecule has 0 aliphatic rings. The van der Waals surface area contributed by atoms with E-state index >= 15 is 0 Å². The van der Waals surface area contributed by atoms with Crippen LogP contribution in [0, 0.1) is 0 Å². The average molecular weight is 213 g/mol. The lowest BCUT2D eigenvalue weighted by molar-refractivity contribution is 0.306. The van der Waals surface area contributed by atoms with Gasteiger partial charge in [-0.1, -0.05) is 12.1 Å². The van der Waals surface area contributed by atoms with Gasteiger partial charge < -0.3 is 14.8 Å². The third-order valence-corrected chi connectivity index (χ3v) is 2.15. The number of benzene rings is 1. The molecule has 0 fully saturated rings. The lowest BCUT2D eigenvalue weighted by Gasteiger charge is -2.15. The molecule has 3 nitrogen and oxygen atoms in total. The maximum Gasteiger partial charge on any atom is 0.166 e. The molecule has 1 unspecified atom stereocenters. The number of alkyl halides is 1. The van der Waals surface area contributed by atoms with Gasteiger partial charge in [0.1, 0.15) is 6.17 Å². The van der Waals surface area contributed by atoms with E-state index in [4.69, 9.17) is 9.47 Å². The van der Waals surface area contributed by atoms with Crippen LogP contribution in [0.1, 0.15) is 11.7 Å². The lowest BCUT2D eigenvalue weighted by Crippen LogP contribution is -2.14. The van der Waals surface area contributed by atoms with Gasteiger partial charge in [-0.05, 0) is 13.1 Å². The Morgan fingerprint density at radius 1 is 1.33 bits per heavy atom. The summed E-state index contributed by atoms with van der Waals surface area (Å²) in [6.45, 7) is 0.253. The smallest absolute Gasteiger partial charge is 0.166 e. The van der Waals surface area contributed by atoms with Crippen molar-refractivity contribution >= 4 is 0 Å². The van der Waals surface area contributed by atoms with Gasteiger partial charge in [0.2, 0.25) is 0 Å². The molecule has 1 atom stereocenters. The van der Waals surface area contributed by atoms with Crippen molar-refractivity contribution in [2.45, 2.75) is 6.17 Å². The molecule has 1 rings (SSSR count). The first-order valence-corrected chi connectivity index (χ1v) is 4.74. The molecule has 0 aromatic heterocycles. The summed E-state index contributed by atoms with van der Waals surface area (Å²) in [6.07, 6.45) is -1.10. The van der Waals surface area contributed by atoms with Crippen molar-refractivity contribution in [1.29, 1.82) is 0 Å². The number of ether oxygens (including phenoxy) is 2. The van der Waals surface area contributed by atoms with Crippen molar-refractivity contribution in [3.05, 3.63) is 23.8 Å². The van der Waals surface area contributed by atoms with E-state index in [2.05, 4.69) is 5.32 Å². The number of rotatable bonds is 5. The van der Waals surface area contributed by atoms with Crippen LogP contribution < -0.4 is 14.8 Å². The topological polar surface area (TPSA) is 30.5 Å². The number of para-hydroxylation sites is 1. The Bertz CT molecular complexity index is 317. The van der Waals surface area contributed by atoms with Crippen LogP contribution in [0.15, 0.2) is 18.2 Å². The number of hydrogen-bond acceptors (Lipinski definition) is 3. The Kier molecular flexibility index (Phi) is 4.37. The zero-order valence-electron chi connectivity index (χ0n) is 9.21. The Balaban J connectivity index is 3.05. The van der Waals surface area contributed by atoms with Gasteiger partial charge >= 0.3 is 0 Å². The Morgan fingerprint density at radius 2 is 2.07 bits per heavy atom. The molecule has 0 bridgehead atoms. The summed E-state index contributed by atoms with van der Waals surface area (Å²) in [7, 11) is 4.75. The molecule has 0 aliphatic carbocycles. The van der Waals surface area contributed by atoms with Crippen LogP contribution in [0.2, 0.25) is 0 Å². The maximum atomic E-state index is 13.7. The van der Waals surface area contributed by atoms with Gasteiger partial charge in [0.25, 0.3) is 0 Å². The fourth-order valence-electron chi connectivity index (χ4n) is 1.45. The molecule has 0 spiro atoms. The van der Waals surface area contributed by atoms with Crippen molar-refractivity contribution in [1.82, 2.24) is 5.32 Å². The normalized spacial score (nSPS) is 12.3. The number of likely N-dealkylation sites (N-methyl/N-ethyl adjacent to an activating group) is 1. The molecular formula is C11H16FNO2. The average Bonchev–Trinajstić information content (AvgIpc) is 2.28. The minimum absolute atomic E-state index is 0.253. The second-order valence-electron chi connectivity index (χ2n) is 3.11. The Morgan fingerprint density at radius 3 is 2.60 bits per heavy atom. The fraction of sp³-hybridized carbons (Fsp3) is 0.455. The van der Waals surface area contributed by atoms with Gasteiger partial charge in [-0.2, -0.15) is 0 Å². The van der Waals surface area contributed by atoms with E-state index in [-0.39, 0.29) is 6.54 Å². The molecule has 15 heavy (non-hydrogen) atoms. The molecule has 0 saturated carbocycles. The van der Waals surface area contributed by atoms with Gasteiger partial charge in [0.05, 0.1) is 14.2 Å². The number of halogens is 1. The fourth-order valence-corrected chi connectivity index (χ4v) is 1.45. The van der Waals surface area contributed by atoms with Crippen molar-refractivity contribution in [3.8, 4) is 11.5 Å². The first-order chi connectivity index (χ1) is 7.24. The van der Waals surface area contributed by atoms with Crippen LogP contribution in [0.25, 0.3) is 0 Å². The molecule has 1 aromatic rings. The van der Waals surface area contributed by atoms with E-state index in [1.165, 1.54) is 14.2 Å². The quantitative estimate of drug-likeness (QED) is 0.810. The standard InChI is InChI=1S/C11H16FNO2/c1-13-7-9(12)8-5-4-6-10(14-2)11(8)15-3/h4-6,9,13H,7H2,1-3H3. The summed E-state index contributed by atoms with van der Waals surface area (Å²) >= 11 is 0. The van der Waals surface area contributed by atoms with Crippen molar-refractivity contribution < 1.29 is 13.9 Å². The summed E-state index contributed by atoms with van der Waals surface area (Å²) in [5.74, 6) is 1.01. The first-order valence-electron chi connectivity index (χ1n) is 4.74. The predicted octanol–water partition coefficient (Wildman–Crippen LogP) is 1.93. The molecule has 4 heteroatoms. The van der Waals surface area contributed by atoms with E-state index in [1.807, 2.05) is 0 Å². The van der Waals surface area contributed by atoms with Crippen LogP contribution in [0.5, 0.6) is 11.5 Å². The van der Waals surface area contributed by atoms with Gasteiger partial charge in [0.15, 0.2) is 11.5 Å².